The smallest absolute Gasteiger partial charge is 0.407 e. The van der Waals surface area contributed by atoms with Crippen LogP contribution < -0.4 is 5.32 Å². The third-order valence-electron chi connectivity index (χ3n) is 3.57. The molecule has 1 heterocycles. The van der Waals surface area contributed by atoms with Crippen molar-refractivity contribution in [2.45, 2.75) is 64.1 Å². The highest BCUT2D eigenvalue weighted by Crippen LogP contribution is 2.29. The van der Waals surface area contributed by atoms with Gasteiger partial charge < -0.3 is 10.1 Å². The zero-order valence-corrected chi connectivity index (χ0v) is 13.5. The lowest BCUT2D eigenvalue weighted by molar-refractivity contribution is -0.126. The molecule has 2 aliphatic rings. The van der Waals surface area contributed by atoms with Crippen LogP contribution in [0.2, 0.25) is 0 Å². The van der Waals surface area contributed by atoms with Crippen LogP contribution in [0.25, 0.3) is 0 Å². The molecule has 0 aromatic heterocycles. The number of nitrogens with one attached hydrogen (secondary N) is 1. The van der Waals surface area contributed by atoms with Gasteiger partial charge in [-0.15, -0.1) is 0 Å². The lowest BCUT2D eigenvalue weighted by Gasteiger charge is -2.33. The lowest BCUT2D eigenvalue weighted by atomic mass is 9.90. The molecule has 21 heavy (non-hydrogen) atoms. The Morgan fingerprint density at radius 3 is 2.33 bits per heavy atom. The predicted octanol–water partition coefficient (Wildman–Crippen LogP) is 2.52. The molecule has 0 aromatic carbocycles. The summed E-state index contributed by atoms with van der Waals surface area (Å²) in [6.07, 6.45) is 2.57. The van der Waals surface area contributed by atoms with E-state index >= 15 is 0 Å². The van der Waals surface area contributed by atoms with Crippen molar-refractivity contribution < 1.29 is 19.1 Å². The van der Waals surface area contributed by atoms with Crippen LogP contribution in [0.1, 0.15) is 46.5 Å². The van der Waals surface area contributed by atoms with E-state index in [9.17, 15) is 14.4 Å². The molecule has 1 saturated heterocycles. The number of imide groups is 1. The van der Waals surface area contributed by atoms with Gasteiger partial charge in [0.05, 0.1) is 5.75 Å². The van der Waals surface area contributed by atoms with Crippen molar-refractivity contribution in [2.75, 3.05) is 5.75 Å². The van der Waals surface area contributed by atoms with Gasteiger partial charge >= 0.3 is 6.09 Å². The second-order valence-electron chi connectivity index (χ2n) is 6.47. The number of ether oxygens (including phenoxy) is 1. The molecule has 118 valence electrons. The van der Waals surface area contributed by atoms with Crippen LogP contribution in [0.15, 0.2) is 0 Å². The first-order valence-corrected chi connectivity index (χ1v) is 8.23. The number of hydrogen-bond acceptors (Lipinski definition) is 5. The van der Waals surface area contributed by atoms with Gasteiger partial charge in [-0.2, -0.15) is 0 Å². The molecule has 0 unspecified atom stereocenters. The van der Waals surface area contributed by atoms with E-state index in [1.165, 1.54) is 4.90 Å². The van der Waals surface area contributed by atoms with E-state index in [1.54, 1.807) is 0 Å². The molecule has 2 fully saturated rings. The molecule has 6 nitrogen and oxygen atoms in total. The fourth-order valence-electron chi connectivity index (χ4n) is 2.67. The van der Waals surface area contributed by atoms with E-state index < -0.39 is 11.7 Å². The van der Waals surface area contributed by atoms with E-state index in [4.69, 9.17) is 4.74 Å². The fourth-order valence-corrected chi connectivity index (χ4v) is 3.45. The first-order chi connectivity index (χ1) is 9.76. The van der Waals surface area contributed by atoms with Gasteiger partial charge in [0.25, 0.3) is 5.24 Å². The number of rotatable bonds is 2. The van der Waals surface area contributed by atoms with Gasteiger partial charge in [0.1, 0.15) is 5.60 Å². The monoisotopic (exact) mass is 314 g/mol. The minimum atomic E-state index is -0.507. The Morgan fingerprint density at radius 1 is 1.24 bits per heavy atom. The summed E-state index contributed by atoms with van der Waals surface area (Å²) >= 11 is 1.07. The Labute approximate surface area is 129 Å². The Bertz CT molecular complexity index is 423. The zero-order chi connectivity index (χ0) is 15.6. The number of carbonyl (C=O) groups is 3. The van der Waals surface area contributed by atoms with E-state index in [-0.39, 0.29) is 29.0 Å². The zero-order valence-electron chi connectivity index (χ0n) is 12.7. The third-order valence-corrected chi connectivity index (χ3v) is 4.40. The van der Waals surface area contributed by atoms with Gasteiger partial charge in [-0.3, -0.25) is 14.5 Å². The standard InChI is InChI=1S/C14H22N2O4S/c1-14(2,3)20-12(18)15-9-4-6-10(7-5-9)16-11(17)8-21-13(16)19/h9-10H,4-8H2,1-3H3,(H,15,18)/t9-,10-. The maximum Gasteiger partial charge on any atom is 0.407 e. The molecule has 0 spiro atoms. The molecule has 0 bridgehead atoms. The summed E-state index contributed by atoms with van der Waals surface area (Å²) < 4.78 is 5.23. The Balaban J connectivity index is 1.79. The predicted molar refractivity (Wildman–Crippen MR) is 80.1 cm³/mol. The SMILES string of the molecule is CC(C)(C)OC(=O)N[C@H]1CC[C@H](N2C(=O)CSC2=O)CC1. The number of alkyl carbamates (subject to hydrolysis) is 1. The summed E-state index contributed by atoms with van der Waals surface area (Å²) in [5.41, 5.74) is -0.507. The molecule has 1 aliphatic heterocycles. The van der Waals surface area contributed by atoms with Crippen molar-refractivity contribution in [3.05, 3.63) is 0 Å². The van der Waals surface area contributed by atoms with Crippen molar-refractivity contribution in [1.82, 2.24) is 10.2 Å². The summed E-state index contributed by atoms with van der Waals surface area (Å²) in [7, 11) is 0. The van der Waals surface area contributed by atoms with E-state index in [1.807, 2.05) is 20.8 Å². The third kappa shape index (κ3) is 4.36. The van der Waals surface area contributed by atoms with E-state index in [0.717, 1.165) is 37.4 Å². The van der Waals surface area contributed by atoms with Crippen LogP contribution in [0.4, 0.5) is 9.59 Å². The van der Waals surface area contributed by atoms with Gasteiger partial charge in [-0.1, -0.05) is 11.8 Å². The van der Waals surface area contributed by atoms with Crippen LogP contribution in [-0.2, 0) is 9.53 Å². The average molecular weight is 314 g/mol. The molecule has 1 aliphatic carbocycles. The number of hydrogen-bond donors (Lipinski definition) is 1. The second kappa shape index (κ2) is 6.25. The number of thioether (sulfide) groups is 1. The Morgan fingerprint density at radius 2 is 1.86 bits per heavy atom. The molecule has 1 N–H and O–H groups in total. The molecule has 0 radical (unpaired) electrons. The molecule has 3 amide bonds. The highest BCUT2D eigenvalue weighted by molar-refractivity contribution is 8.14. The molecule has 1 saturated carbocycles. The maximum absolute atomic E-state index is 11.7. The minimum Gasteiger partial charge on any atom is -0.444 e. The summed E-state index contributed by atoms with van der Waals surface area (Å²) in [6, 6.07) is 0.0354. The van der Waals surface area contributed by atoms with Crippen molar-refractivity contribution in [3.8, 4) is 0 Å². The van der Waals surface area contributed by atoms with Crippen molar-refractivity contribution in [3.63, 3.8) is 0 Å². The first-order valence-electron chi connectivity index (χ1n) is 7.24. The highest BCUT2D eigenvalue weighted by Gasteiger charge is 2.38. The van der Waals surface area contributed by atoms with Crippen LogP contribution in [0, 0.1) is 0 Å². The van der Waals surface area contributed by atoms with E-state index in [2.05, 4.69) is 5.32 Å². The molecule has 0 aromatic rings. The van der Waals surface area contributed by atoms with Gasteiger partial charge in [-0.05, 0) is 46.5 Å². The van der Waals surface area contributed by atoms with Crippen LogP contribution in [0.3, 0.4) is 0 Å². The average Bonchev–Trinajstić information content (AvgIpc) is 2.68. The highest BCUT2D eigenvalue weighted by atomic mass is 32.2. The second-order valence-corrected chi connectivity index (χ2v) is 7.40. The summed E-state index contributed by atoms with van der Waals surface area (Å²) in [6.45, 7) is 5.48. The minimum absolute atomic E-state index is 0.0170. The molecule has 2 rings (SSSR count). The van der Waals surface area contributed by atoms with Gasteiger partial charge in [0, 0.05) is 12.1 Å². The van der Waals surface area contributed by atoms with Gasteiger partial charge in [-0.25, -0.2) is 4.79 Å². The maximum atomic E-state index is 11.7. The summed E-state index contributed by atoms with van der Waals surface area (Å²) in [4.78, 5) is 36.5. The molecular formula is C14H22N2O4S. The number of carbonyl (C=O) groups excluding carboxylic acids is 3. The largest absolute Gasteiger partial charge is 0.444 e. The normalized spacial score (nSPS) is 26.9. The quantitative estimate of drug-likeness (QED) is 0.847. The molecular weight excluding hydrogens is 292 g/mol. The summed E-state index contributed by atoms with van der Waals surface area (Å²) in [5.74, 6) is 0.170. The van der Waals surface area contributed by atoms with Crippen LogP contribution >= 0.6 is 11.8 Å². The molecule has 7 heteroatoms. The Kier molecular flexibility index (Phi) is 4.81. The van der Waals surface area contributed by atoms with Crippen molar-refractivity contribution in [2.24, 2.45) is 0 Å². The molecule has 0 atom stereocenters. The van der Waals surface area contributed by atoms with Crippen LogP contribution in [0.5, 0.6) is 0 Å². The number of nitrogens with zero attached hydrogens (tertiary/aromatic N) is 1. The van der Waals surface area contributed by atoms with Crippen LogP contribution in [-0.4, -0.2) is 45.6 Å². The van der Waals surface area contributed by atoms with Gasteiger partial charge in [0.2, 0.25) is 5.91 Å². The summed E-state index contributed by atoms with van der Waals surface area (Å²) in [5, 5.41) is 2.72. The fraction of sp³-hybridized carbons (Fsp3) is 0.786. The first kappa shape index (κ1) is 16.1. The van der Waals surface area contributed by atoms with E-state index in [0.29, 0.717) is 0 Å². The number of amides is 3. The van der Waals surface area contributed by atoms with Crippen molar-refractivity contribution in [1.29, 1.82) is 0 Å². The van der Waals surface area contributed by atoms with Crippen molar-refractivity contribution >= 4 is 29.0 Å². The Hall–Kier alpha value is -1.24. The topological polar surface area (TPSA) is 75.7 Å². The lowest BCUT2D eigenvalue weighted by Crippen LogP contribution is -2.46. The van der Waals surface area contributed by atoms with Gasteiger partial charge in [0.15, 0.2) is 0 Å².